The Kier molecular flexibility index (Phi) is 7.97. The molecule has 0 bridgehead atoms. The number of halogens is 4. The number of nitrogens with one attached hydrogen (secondary N) is 1. The number of rotatable bonds is 7. The minimum Gasteiger partial charge on any atom is -0.493 e. The number of aliphatic carboxylic acids is 1. The average Bonchev–Trinajstić information content (AvgIpc) is 3.38. The number of aromatic nitrogens is 2. The molecule has 0 aliphatic heterocycles. The van der Waals surface area contributed by atoms with E-state index in [0.717, 1.165) is 0 Å². The molecule has 0 radical (unpaired) electrons. The van der Waals surface area contributed by atoms with Crippen LogP contribution in [0.2, 0.25) is 0 Å². The Balaban J connectivity index is 0.000000423. The number of benzene rings is 1. The fraction of sp³-hybridized carbons (Fsp3) is 0.421. The number of ether oxygens (including phenoxy) is 1. The third-order valence-electron chi connectivity index (χ3n) is 3.98. The number of anilines is 1. The number of carboxylic acids is 1. The minimum absolute atomic E-state index is 0.0681. The first-order valence-corrected chi connectivity index (χ1v) is 9.27. The summed E-state index contributed by atoms with van der Waals surface area (Å²) < 4.78 is 53.0. The van der Waals surface area contributed by atoms with Crippen LogP contribution in [-0.2, 0) is 11.3 Å². The molecule has 1 heterocycles. The lowest BCUT2D eigenvalue weighted by atomic mass is 10.2. The van der Waals surface area contributed by atoms with Crippen molar-refractivity contribution in [1.29, 1.82) is 0 Å². The van der Waals surface area contributed by atoms with Gasteiger partial charge in [0.15, 0.2) is 0 Å². The fourth-order valence-corrected chi connectivity index (χ4v) is 2.26. The number of nitrogens with zero attached hydrogens (tertiary/aromatic N) is 2. The number of nitrogens with two attached hydrogens (primary N) is 1. The summed E-state index contributed by atoms with van der Waals surface area (Å²) in [5.41, 5.74) is 6.15. The zero-order valence-corrected chi connectivity index (χ0v) is 16.5. The lowest BCUT2D eigenvalue weighted by Gasteiger charge is -2.09. The molecule has 0 saturated heterocycles. The van der Waals surface area contributed by atoms with Gasteiger partial charge in [0.2, 0.25) is 0 Å². The maximum Gasteiger partial charge on any atom is 0.490 e. The molecule has 1 aromatic heterocycles. The number of carboxylic acid groups (broad SMARTS) is 1. The lowest BCUT2D eigenvalue weighted by Crippen LogP contribution is -2.22. The monoisotopic (exact) mass is 446 g/mol. The van der Waals surface area contributed by atoms with E-state index >= 15 is 0 Å². The summed E-state index contributed by atoms with van der Waals surface area (Å²) in [5, 5.41) is 13.7. The number of alkyl halides is 3. The molecule has 1 aromatic carbocycles. The van der Waals surface area contributed by atoms with Gasteiger partial charge in [-0.05, 0) is 37.8 Å². The quantitative estimate of drug-likeness (QED) is 0.563. The minimum atomic E-state index is -5.08. The van der Waals surface area contributed by atoms with Crippen LogP contribution in [0.3, 0.4) is 0 Å². The van der Waals surface area contributed by atoms with Gasteiger partial charge in [0, 0.05) is 18.3 Å². The second-order valence-electron chi connectivity index (χ2n) is 7.08. The summed E-state index contributed by atoms with van der Waals surface area (Å²) in [6, 6.07) is 4.38. The Morgan fingerprint density at radius 3 is 2.55 bits per heavy atom. The lowest BCUT2D eigenvalue weighted by molar-refractivity contribution is -0.192. The molecule has 1 aliphatic rings. The van der Waals surface area contributed by atoms with Crippen LogP contribution in [0.1, 0.15) is 30.1 Å². The van der Waals surface area contributed by atoms with E-state index in [9.17, 15) is 22.4 Å². The highest BCUT2D eigenvalue weighted by Crippen LogP contribution is 2.30. The summed E-state index contributed by atoms with van der Waals surface area (Å²) in [5.74, 6) is -2.63. The van der Waals surface area contributed by atoms with Gasteiger partial charge in [-0.2, -0.15) is 18.3 Å². The van der Waals surface area contributed by atoms with E-state index in [-0.39, 0.29) is 11.7 Å². The summed E-state index contributed by atoms with van der Waals surface area (Å²) >= 11 is 0. The van der Waals surface area contributed by atoms with Gasteiger partial charge in [0.1, 0.15) is 11.6 Å². The van der Waals surface area contributed by atoms with Crippen molar-refractivity contribution in [2.24, 2.45) is 11.7 Å². The van der Waals surface area contributed by atoms with Gasteiger partial charge in [-0.3, -0.25) is 9.48 Å². The Morgan fingerprint density at radius 1 is 1.39 bits per heavy atom. The van der Waals surface area contributed by atoms with Gasteiger partial charge in [-0.25, -0.2) is 9.18 Å². The Hall–Kier alpha value is -3.15. The largest absolute Gasteiger partial charge is 0.493 e. The molecule has 3 rings (SSSR count). The zero-order valence-electron chi connectivity index (χ0n) is 16.5. The van der Waals surface area contributed by atoms with Gasteiger partial charge in [0.05, 0.1) is 30.6 Å². The standard InChI is InChI=1S/C17H21FN4O2.C2HF3O2/c1-11(19)8-22-9-13(7-20-22)17(23)21-16-5-4-14(6-15(16)18)24-10-12-2-3-12;3-2(4,5)1(6)7/h4-7,9,11-12H,2-3,8,10,19H2,1H3,(H,21,23);(H,6,7). The summed E-state index contributed by atoms with van der Waals surface area (Å²) in [7, 11) is 0. The van der Waals surface area contributed by atoms with Crippen LogP contribution in [0.5, 0.6) is 5.75 Å². The van der Waals surface area contributed by atoms with Crippen LogP contribution in [-0.4, -0.2) is 45.6 Å². The Labute approximate surface area is 175 Å². The number of hydrogen-bond donors (Lipinski definition) is 3. The topological polar surface area (TPSA) is 119 Å². The van der Waals surface area contributed by atoms with Crippen LogP contribution in [0.4, 0.5) is 23.2 Å². The molecule has 1 fully saturated rings. The summed E-state index contributed by atoms with van der Waals surface area (Å²) in [6.45, 7) is 2.97. The van der Waals surface area contributed by atoms with Crippen molar-refractivity contribution in [3.05, 3.63) is 42.0 Å². The smallest absolute Gasteiger partial charge is 0.490 e. The fourth-order valence-electron chi connectivity index (χ4n) is 2.26. The molecule has 31 heavy (non-hydrogen) atoms. The second kappa shape index (κ2) is 10.2. The van der Waals surface area contributed by atoms with Crippen molar-refractivity contribution in [2.75, 3.05) is 11.9 Å². The number of carbonyl (C=O) groups excluding carboxylic acids is 1. The van der Waals surface area contributed by atoms with Gasteiger partial charge >= 0.3 is 12.1 Å². The van der Waals surface area contributed by atoms with E-state index < -0.39 is 23.9 Å². The second-order valence-corrected chi connectivity index (χ2v) is 7.08. The van der Waals surface area contributed by atoms with Crippen LogP contribution in [0.25, 0.3) is 0 Å². The molecule has 1 atom stereocenters. The van der Waals surface area contributed by atoms with Crippen molar-refractivity contribution in [2.45, 2.75) is 38.5 Å². The molecule has 0 spiro atoms. The van der Waals surface area contributed by atoms with Crippen LogP contribution < -0.4 is 15.8 Å². The Morgan fingerprint density at radius 2 is 2.03 bits per heavy atom. The van der Waals surface area contributed by atoms with Crippen molar-refractivity contribution in [1.82, 2.24) is 9.78 Å². The van der Waals surface area contributed by atoms with Gasteiger partial charge in [0.25, 0.3) is 5.91 Å². The molecule has 1 unspecified atom stereocenters. The highest BCUT2D eigenvalue weighted by molar-refractivity contribution is 6.04. The van der Waals surface area contributed by atoms with Crippen molar-refractivity contribution >= 4 is 17.6 Å². The maximum absolute atomic E-state index is 14.1. The predicted molar refractivity (Wildman–Crippen MR) is 102 cm³/mol. The maximum atomic E-state index is 14.1. The van der Waals surface area contributed by atoms with E-state index in [0.29, 0.717) is 30.4 Å². The van der Waals surface area contributed by atoms with Gasteiger partial charge < -0.3 is 20.9 Å². The SMILES string of the molecule is CC(N)Cn1cc(C(=O)Nc2ccc(OCC3CC3)cc2F)cn1.O=C(O)C(F)(F)F. The summed E-state index contributed by atoms with van der Waals surface area (Å²) in [6.07, 6.45) is 0.285. The molecule has 8 nitrogen and oxygen atoms in total. The van der Waals surface area contributed by atoms with Gasteiger partial charge in [-0.1, -0.05) is 0 Å². The number of hydrogen-bond acceptors (Lipinski definition) is 5. The molecule has 1 amide bonds. The van der Waals surface area contributed by atoms with E-state index in [1.54, 1.807) is 16.9 Å². The van der Waals surface area contributed by atoms with E-state index in [1.807, 2.05) is 6.92 Å². The molecule has 1 saturated carbocycles. The summed E-state index contributed by atoms with van der Waals surface area (Å²) in [4.78, 5) is 21.1. The molecular formula is C19H22F4N4O4. The highest BCUT2D eigenvalue weighted by atomic mass is 19.4. The molecule has 12 heteroatoms. The van der Waals surface area contributed by atoms with Crippen molar-refractivity contribution in [3.63, 3.8) is 0 Å². The first-order chi connectivity index (χ1) is 14.5. The van der Waals surface area contributed by atoms with E-state index in [1.165, 1.54) is 31.2 Å². The number of carbonyl (C=O) groups is 2. The average molecular weight is 446 g/mol. The third kappa shape index (κ3) is 8.24. The van der Waals surface area contributed by atoms with Gasteiger partial charge in [-0.15, -0.1) is 0 Å². The highest BCUT2D eigenvalue weighted by Gasteiger charge is 2.38. The zero-order chi connectivity index (χ0) is 23.2. The van der Waals surface area contributed by atoms with Crippen LogP contribution >= 0.6 is 0 Å². The Bertz CT molecular complexity index is 911. The first-order valence-electron chi connectivity index (χ1n) is 9.27. The van der Waals surface area contributed by atoms with Crippen LogP contribution in [0.15, 0.2) is 30.6 Å². The van der Waals surface area contributed by atoms with E-state index in [4.69, 9.17) is 20.4 Å². The molecule has 2 aromatic rings. The molecule has 1 aliphatic carbocycles. The first kappa shape index (κ1) is 24.1. The third-order valence-corrected chi connectivity index (χ3v) is 3.98. The normalized spacial score (nSPS) is 14.3. The molecule has 170 valence electrons. The van der Waals surface area contributed by atoms with E-state index in [2.05, 4.69) is 10.4 Å². The molecular weight excluding hydrogens is 424 g/mol. The van der Waals surface area contributed by atoms with Crippen molar-refractivity contribution in [3.8, 4) is 5.75 Å². The molecule has 4 N–H and O–H groups in total. The van der Waals surface area contributed by atoms with Crippen LogP contribution in [0, 0.1) is 11.7 Å². The van der Waals surface area contributed by atoms with Crippen molar-refractivity contribution < 1.29 is 37.0 Å². The predicted octanol–water partition coefficient (Wildman–Crippen LogP) is 3.04. The number of amides is 1.